The summed E-state index contributed by atoms with van der Waals surface area (Å²) >= 11 is 0. The molecule has 1 aromatic carbocycles. The van der Waals surface area contributed by atoms with Crippen LogP contribution in [0.15, 0.2) is 41.2 Å². The number of hydrogen-bond acceptors (Lipinski definition) is 7. The molecule has 9 heteroatoms. The fourth-order valence-electron chi connectivity index (χ4n) is 3.49. The Balaban J connectivity index is 1.70. The van der Waals surface area contributed by atoms with Gasteiger partial charge in [-0.25, -0.2) is 9.37 Å². The van der Waals surface area contributed by atoms with Crippen molar-refractivity contribution in [2.75, 3.05) is 23.3 Å². The third-order valence-corrected chi connectivity index (χ3v) is 5.00. The number of amides is 1. The topological polar surface area (TPSA) is 115 Å². The molecule has 1 saturated heterocycles. The zero-order valence-corrected chi connectivity index (χ0v) is 16.1. The van der Waals surface area contributed by atoms with E-state index in [1.807, 2.05) is 4.90 Å². The Hall–Kier alpha value is -3.77. The monoisotopic (exact) mass is 407 g/mol. The number of halogens is 1. The molecule has 0 bridgehead atoms. The molecule has 0 radical (unpaired) electrons. The highest BCUT2D eigenvalue weighted by molar-refractivity contribution is 6.04. The molecule has 2 aromatic heterocycles. The van der Waals surface area contributed by atoms with Gasteiger partial charge in [-0.1, -0.05) is 5.16 Å². The summed E-state index contributed by atoms with van der Waals surface area (Å²) in [5, 5.41) is 25.4. The first-order valence-electron chi connectivity index (χ1n) is 9.31. The molecule has 1 atom stereocenters. The van der Waals surface area contributed by atoms with E-state index in [0.717, 1.165) is 0 Å². The third kappa shape index (κ3) is 3.73. The summed E-state index contributed by atoms with van der Waals surface area (Å²) in [7, 11) is 0. The number of carbonyl (C=O) groups excluding carboxylic acids is 1. The zero-order valence-electron chi connectivity index (χ0n) is 16.1. The Morgan fingerprint density at radius 1 is 1.43 bits per heavy atom. The van der Waals surface area contributed by atoms with Crippen LogP contribution >= 0.6 is 0 Å². The second-order valence-corrected chi connectivity index (χ2v) is 7.08. The zero-order chi connectivity index (χ0) is 21.3. The Labute approximate surface area is 171 Å². The number of aromatic nitrogens is 2. The van der Waals surface area contributed by atoms with Crippen LogP contribution in [0.2, 0.25) is 0 Å². The van der Waals surface area contributed by atoms with E-state index in [0.29, 0.717) is 47.6 Å². The molecule has 2 N–H and O–H groups in total. The van der Waals surface area contributed by atoms with E-state index < -0.39 is 17.8 Å². The second kappa shape index (κ2) is 7.93. The lowest BCUT2D eigenvalue weighted by Gasteiger charge is -2.19. The van der Waals surface area contributed by atoms with Crippen LogP contribution in [0.3, 0.4) is 0 Å². The molecular formula is C21H18FN5O3. The fraction of sp³-hybridized carbons (Fsp3) is 0.238. The lowest BCUT2D eigenvalue weighted by atomic mass is 9.97. The molecule has 1 amide bonds. The molecule has 1 aliphatic heterocycles. The van der Waals surface area contributed by atoms with E-state index in [-0.39, 0.29) is 11.4 Å². The van der Waals surface area contributed by atoms with Crippen LogP contribution in [0.1, 0.15) is 27.9 Å². The lowest BCUT2D eigenvalue weighted by Crippen LogP contribution is -2.23. The first-order chi connectivity index (χ1) is 14.5. The van der Waals surface area contributed by atoms with Crippen molar-refractivity contribution in [2.24, 2.45) is 0 Å². The van der Waals surface area contributed by atoms with E-state index in [9.17, 15) is 19.6 Å². The van der Waals surface area contributed by atoms with Gasteiger partial charge in [-0.15, -0.1) is 0 Å². The molecule has 3 heterocycles. The van der Waals surface area contributed by atoms with Gasteiger partial charge < -0.3 is 19.8 Å². The number of anilines is 2. The van der Waals surface area contributed by atoms with Crippen molar-refractivity contribution in [3.8, 4) is 17.2 Å². The second-order valence-electron chi connectivity index (χ2n) is 7.08. The molecular weight excluding hydrogens is 389 g/mol. The van der Waals surface area contributed by atoms with Crippen LogP contribution in [0.5, 0.6) is 0 Å². The molecule has 152 valence electrons. The van der Waals surface area contributed by atoms with Crippen molar-refractivity contribution in [3.05, 3.63) is 59.2 Å². The Bertz CT molecular complexity index is 1140. The van der Waals surface area contributed by atoms with Crippen LogP contribution in [-0.2, 0) is 0 Å². The lowest BCUT2D eigenvalue weighted by molar-refractivity contribution is 0.102. The van der Waals surface area contributed by atoms with E-state index in [4.69, 9.17) is 0 Å². The molecule has 8 nitrogen and oxygen atoms in total. The van der Waals surface area contributed by atoms with Gasteiger partial charge in [-0.3, -0.25) is 4.79 Å². The first kappa shape index (κ1) is 19.5. The van der Waals surface area contributed by atoms with Crippen molar-refractivity contribution in [3.63, 3.8) is 0 Å². The number of aliphatic hydroxyl groups excluding tert-OH is 1. The third-order valence-electron chi connectivity index (χ3n) is 5.00. The number of hydrogen-bond donors (Lipinski definition) is 2. The maximum atomic E-state index is 14.5. The van der Waals surface area contributed by atoms with E-state index in [1.165, 1.54) is 24.5 Å². The summed E-state index contributed by atoms with van der Waals surface area (Å²) in [5.74, 6) is -0.666. The summed E-state index contributed by atoms with van der Waals surface area (Å²) in [4.78, 5) is 18.8. The number of rotatable bonds is 4. The number of carbonyl (C=O) groups is 1. The maximum absolute atomic E-state index is 14.5. The number of β-amino-alcohol motifs (C(OH)–C–C–N with tert-alkyl or cyclic N) is 1. The van der Waals surface area contributed by atoms with Gasteiger partial charge in [0.1, 0.15) is 24.0 Å². The molecule has 30 heavy (non-hydrogen) atoms. The predicted molar refractivity (Wildman–Crippen MR) is 106 cm³/mol. The molecule has 0 aliphatic carbocycles. The average molecular weight is 407 g/mol. The SMILES string of the molecule is Cc1cc(F)c(C(=O)Nc2ccon2)cc1-c1cnc(N2CC[C@H](O)C2)c(C#N)c1. The molecule has 4 rings (SSSR count). The fourth-order valence-corrected chi connectivity index (χ4v) is 3.49. The minimum Gasteiger partial charge on any atom is -0.391 e. The molecule has 0 saturated carbocycles. The Morgan fingerprint density at radius 3 is 2.93 bits per heavy atom. The molecule has 1 fully saturated rings. The van der Waals surface area contributed by atoms with E-state index in [2.05, 4.69) is 26.0 Å². The molecule has 0 unspecified atom stereocenters. The highest BCUT2D eigenvalue weighted by Gasteiger charge is 2.24. The molecule has 3 aromatic rings. The van der Waals surface area contributed by atoms with Crippen LogP contribution < -0.4 is 10.2 Å². The Kier molecular flexibility index (Phi) is 5.16. The number of aryl methyl sites for hydroxylation is 1. The van der Waals surface area contributed by atoms with Gasteiger partial charge in [0.2, 0.25) is 0 Å². The average Bonchev–Trinajstić information content (AvgIpc) is 3.39. The molecule has 1 aliphatic rings. The van der Waals surface area contributed by atoms with Crippen LogP contribution in [-0.4, -0.2) is 40.3 Å². The van der Waals surface area contributed by atoms with Gasteiger partial charge in [0.25, 0.3) is 5.91 Å². The normalized spacial score (nSPS) is 15.8. The molecule has 0 spiro atoms. The van der Waals surface area contributed by atoms with Crippen LogP contribution in [0.4, 0.5) is 16.0 Å². The van der Waals surface area contributed by atoms with Gasteiger partial charge in [0.15, 0.2) is 5.82 Å². The van der Waals surface area contributed by atoms with E-state index >= 15 is 0 Å². The highest BCUT2D eigenvalue weighted by atomic mass is 19.1. The standard InChI is InChI=1S/C21H18FN5O3/c1-12-6-18(22)17(21(29)25-19-3-5-30-26-19)8-16(12)14-7-13(9-23)20(24-10-14)27-4-2-15(28)11-27/h3,5-8,10,15,28H,2,4,11H2,1H3,(H,25,26,29)/t15-/m0/s1. The van der Waals surface area contributed by atoms with E-state index in [1.54, 1.807) is 19.2 Å². The number of nitriles is 1. The largest absolute Gasteiger partial charge is 0.391 e. The smallest absolute Gasteiger partial charge is 0.259 e. The summed E-state index contributed by atoms with van der Waals surface area (Å²) in [5.41, 5.74) is 1.95. The van der Waals surface area contributed by atoms with Crippen molar-refractivity contribution >= 4 is 17.5 Å². The van der Waals surface area contributed by atoms with Crippen molar-refractivity contribution in [2.45, 2.75) is 19.4 Å². The van der Waals surface area contributed by atoms with Gasteiger partial charge in [-0.2, -0.15) is 5.26 Å². The van der Waals surface area contributed by atoms with Crippen molar-refractivity contribution in [1.82, 2.24) is 10.1 Å². The summed E-state index contributed by atoms with van der Waals surface area (Å²) < 4.78 is 19.1. The van der Waals surface area contributed by atoms with Crippen molar-refractivity contribution in [1.29, 1.82) is 5.26 Å². The quantitative estimate of drug-likeness (QED) is 0.683. The summed E-state index contributed by atoms with van der Waals surface area (Å²) in [6.07, 6.45) is 3.06. The minimum atomic E-state index is -0.673. The minimum absolute atomic E-state index is 0.163. The van der Waals surface area contributed by atoms with Gasteiger partial charge in [0.05, 0.1) is 17.2 Å². The highest BCUT2D eigenvalue weighted by Crippen LogP contribution is 2.30. The maximum Gasteiger partial charge on any atom is 0.259 e. The number of pyridine rings is 1. The first-order valence-corrected chi connectivity index (χ1v) is 9.31. The van der Waals surface area contributed by atoms with Gasteiger partial charge in [-0.05, 0) is 42.7 Å². The number of aliphatic hydroxyl groups is 1. The predicted octanol–water partition coefficient (Wildman–Crippen LogP) is 2.88. The van der Waals surface area contributed by atoms with Crippen LogP contribution in [0, 0.1) is 24.1 Å². The number of benzene rings is 1. The summed E-state index contributed by atoms with van der Waals surface area (Å²) in [6.45, 7) is 2.75. The summed E-state index contributed by atoms with van der Waals surface area (Å²) in [6, 6.07) is 7.94. The van der Waals surface area contributed by atoms with Gasteiger partial charge in [0, 0.05) is 30.9 Å². The number of nitrogens with one attached hydrogen (secondary N) is 1. The van der Waals surface area contributed by atoms with Gasteiger partial charge >= 0.3 is 0 Å². The Morgan fingerprint density at radius 2 is 2.27 bits per heavy atom. The number of nitrogens with zero attached hydrogens (tertiary/aromatic N) is 4. The van der Waals surface area contributed by atoms with Crippen LogP contribution in [0.25, 0.3) is 11.1 Å². The van der Waals surface area contributed by atoms with Crippen molar-refractivity contribution < 1.29 is 18.8 Å².